The Balaban J connectivity index is 2.45. The minimum Gasteiger partial charge on any atom is -0.466 e. The molecule has 1 aliphatic rings. The highest BCUT2D eigenvalue weighted by atomic mass is 16.5. The van der Waals surface area contributed by atoms with Crippen LogP contribution in [0.1, 0.15) is 65.2 Å². The Kier molecular flexibility index (Phi) is 8.71. The molecule has 1 saturated carbocycles. The molecule has 0 aromatic carbocycles. The van der Waals surface area contributed by atoms with E-state index in [4.69, 9.17) is 4.74 Å². The van der Waals surface area contributed by atoms with Crippen molar-refractivity contribution in [1.29, 1.82) is 0 Å². The molecule has 4 heteroatoms. The maximum atomic E-state index is 11.9. The van der Waals surface area contributed by atoms with Gasteiger partial charge >= 0.3 is 5.97 Å². The normalized spacial score (nSPS) is 21.5. The number of rotatable bonds is 10. The zero-order chi connectivity index (χ0) is 16.4. The van der Waals surface area contributed by atoms with Crippen molar-refractivity contribution in [3.63, 3.8) is 0 Å². The molecule has 4 nitrogen and oxygen atoms in total. The number of unbranched alkanes of at least 4 members (excludes halogenated alkanes) is 2. The number of ether oxygens (including phenoxy) is 1. The number of hydrogen-bond donors (Lipinski definition) is 0. The summed E-state index contributed by atoms with van der Waals surface area (Å²) in [5.74, 6) is 0.0519. The Morgan fingerprint density at radius 2 is 2.00 bits per heavy atom. The van der Waals surface area contributed by atoms with Crippen molar-refractivity contribution in [2.45, 2.75) is 65.2 Å². The van der Waals surface area contributed by atoms with E-state index < -0.39 is 0 Å². The Morgan fingerprint density at radius 1 is 1.23 bits per heavy atom. The summed E-state index contributed by atoms with van der Waals surface area (Å²) in [4.78, 5) is 35.1. The van der Waals surface area contributed by atoms with Crippen LogP contribution in [0.3, 0.4) is 0 Å². The van der Waals surface area contributed by atoms with Crippen LogP contribution in [0.5, 0.6) is 0 Å². The average Bonchev–Trinajstić information content (AvgIpc) is 2.84. The SMILES string of the molecule is CCCCCC(=O)C=C[C@H]1CCC(=O)[C@H]1CCC(=O)OCC. The third-order valence-electron chi connectivity index (χ3n) is 4.18. The van der Waals surface area contributed by atoms with Crippen molar-refractivity contribution in [1.82, 2.24) is 0 Å². The smallest absolute Gasteiger partial charge is 0.305 e. The van der Waals surface area contributed by atoms with Crippen molar-refractivity contribution in [3.8, 4) is 0 Å². The summed E-state index contributed by atoms with van der Waals surface area (Å²) < 4.78 is 4.90. The third-order valence-corrected chi connectivity index (χ3v) is 4.18. The third kappa shape index (κ3) is 6.54. The van der Waals surface area contributed by atoms with Crippen LogP contribution in [-0.4, -0.2) is 24.1 Å². The van der Waals surface area contributed by atoms with E-state index in [0.717, 1.165) is 25.7 Å². The van der Waals surface area contributed by atoms with Crippen LogP contribution in [0.25, 0.3) is 0 Å². The summed E-state index contributed by atoms with van der Waals surface area (Å²) in [6.45, 7) is 4.25. The average molecular weight is 308 g/mol. The van der Waals surface area contributed by atoms with Gasteiger partial charge in [-0.05, 0) is 38.2 Å². The lowest BCUT2D eigenvalue weighted by molar-refractivity contribution is -0.143. The number of Topliss-reactive ketones (excluding diaryl/α,β-unsaturated/α-hetero) is 1. The van der Waals surface area contributed by atoms with Crippen LogP contribution in [0, 0.1) is 11.8 Å². The molecule has 0 aromatic rings. The molecule has 1 aliphatic carbocycles. The van der Waals surface area contributed by atoms with E-state index in [1.54, 1.807) is 13.0 Å². The highest BCUT2D eigenvalue weighted by molar-refractivity contribution is 5.90. The van der Waals surface area contributed by atoms with Crippen LogP contribution < -0.4 is 0 Å². The van der Waals surface area contributed by atoms with Gasteiger partial charge in [0.05, 0.1) is 6.61 Å². The molecule has 2 atom stereocenters. The molecule has 0 radical (unpaired) electrons. The zero-order valence-corrected chi connectivity index (χ0v) is 13.8. The monoisotopic (exact) mass is 308 g/mol. The first-order valence-corrected chi connectivity index (χ1v) is 8.47. The van der Waals surface area contributed by atoms with E-state index in [9.17, 15) is 14.4 Å². The molecule has 0 unspecified atom stereocenters. The van der Waals surface area contributed by atoms with Gasteiger partial charge in [-0.25, -0.2) is 0 Å². The molecule has 1 fully saturated rings. The van der Waals surface area contributed by atoms with Gasteiger partial charge in [-0.3, -0.25) is 14.4 Å². The van der Waals surface area contributed by atoms with E-state index in [-0.39, 0.29) is 35.8 Å². The van der Waals surface area contributed by atoms with Crippen LogP contribution in [0.15, 0.2) is 12.2 Å². The fraction of sp³-hybridized carbons (Fsp3) is 0.722. The van der Waals surface area contributed by atoms with Gasteiger partial charge < -0.3 is 4.74 Å². The van der Waals surface area contributed by atoms with Gasteiger partial charge in [0.25, 0.3) is 0 Å². The highest BCUT2D eigenvalue weighted by Crippen LogP contribution is 2.33. The van der Waals surface area contributed by atoms with Crippen molar-refractivity contribution in [2.24, 2.45) is 11.8 Å². The molecular weight excluding hydrogens is 280 g/mol. The van der Waals surface area contributed by atoms with Crippen LogP contribution in [0.2, 0.25) is 0 Å². The van der Waals surface area contributed by atoms with Crippen LogP contribution >= 0.6 is 0 Å². The minimum atomic E-state index is -0.249. The number of ketones is 2. The Labute approximate surface area is 133 Å². The molecule has 0 heterocycles. The molecule has 0 aromatic heterocycles. The molecule has 1 rings (SSSR count). The number of carbonyl (C=O) groups excluding carboxylic acids is 3. The van der Waals surface area contributed by atoms with Crippen molar-refractivity contribution < 1.29 is 19.1 Å². The summed E-state index contributed by atoms with van der Waals surface area (Å²) in [5.41, 5.74) is 0. The quantitative estimate of drug-likeness (QED) is 0.351. The number of allylic oxidation sites excluding steroid dienone is 2. The van der Waals surface area contributed by atoms with Crippen molar-refractivity contribution >= 4 is 17.5 Å². The van der Waals surface area contributed by atoms with Gasteiger partial charge in [-0.2, -0.15) is 0 Å². The van der Waals surface area contributed by atoms with Gasteiger partial charge in [0.2, 0.25) is 0 Å². The zero-order valence-electron chi connectivity index (χ0n) is 13.8. The molecule has 124 valence electrons. The molecular formula is C18H28O4. The fourth-order valence-electron chi connectivity index (χ4n) is 2.91. The summed E-state index contributed by atoms with van der Waals surface area (Å²) in [6.07, 6.45) is 9.33. The van der Waals surface area contributed by atoms with E-state index >= 15 is 0 Å². The molecule has 0 aliphatic heterocycles. The van der Waals surface area contributed by atoms with E-state index in [1.165, 1.54) is 0 Å². The topological polar surface area (TPSA) is 60.4 Å². The summed E-state index contributed by atoms with van der Waals surface area (Å²) in [6, 6.07) is 0. The summed E-state index contributed by atoms with van der Waals surface area (Å²) in [7, 11) is 0. The minimum absolute atomic E-state index is 0.0945. The first-order valence-electron chi connectivity index (χ1n) is 8.47. The summed E-state index contributed by atoms with van der Waals surface area (Å²) >= 11 is 0. The van der Waals surface area contributed by atoms with Gasteiger partial charge in [0.1, 0.15) is 5.78 Å². The van der Waals surface area contributed by atoms with Crippen molar-refractivity contribution in [2.75, 3.05) is 6.61 Å². The molecule has 0 saturated heterocycles. The van der Waals surface area contributed by atoms with Gasteiger partial charge in [0, 0.05) is 25.2 Å². The van der Waals surface area contributed by atoms with E-state index in [0.29, 0.717) is 25.9 Å². The first-order chi connectivity index (χ1) is 10.6. The maximum Gasteiger partial charge on any atom is 0.305 e. The second kappa shape index (κ2) is 10.3. The van der Waals surface area contributed by atoms with Crippen LogP contribution in [-0.2, 0) is 19.1 Å². The molecule has 0 amide bonds. The van der Waals surface area contributed by atoms with E-state index in [2.05, 4.69) is 6.92 Å². The lowest BCUT2D eigenvalue weighted by Crippen LogP contribution is -2.16. The standard InChI is InChI=1S/C18H28O4/c1-3-5-6-7-15(19)10-8-14-9-12-17(20)16(14)11-13-18(21)22-4-2/h8,10,14,16H,3-7,9,11-13H2,1-2H3/t14-,16-/m0/s1. The molecule has 0 spiro atoms. The predicted molar refractivity (Wildman–Crippen MR) is 85.4 cm³/mol. The number of esters is 1. The van der Waals surface area contributed by atoms with Crippen molar-refractivity contribution in [3.05, 3.63) is 12.2 Å². The Bertz CT molecular complexity index is 411. The van der Waals surface area contributed by atoms with Gasteiger partial charge in [0.15, 0.2) is 5.78 Å². The predicted octanol–water partition coefficient (Wildman–Crippen LogP) is 3.63. The van der Waals surface area contributed by atoms with E-state index in [1.807, 2.05) is 6.08 Å². The first kappa shape index (κ1) is 18.6. The second-order valence-electron chi connectivity index (χ2n) is 5.90. The largest absolute Gasteiger partial charge is 0.466 e. The summed E-state index contributed by atoms with van der Waals surface area (Å²) in [5, 5.41) is 0. The fourth-order valence-corrected chi connectivity index (χ4v) is 2.91. The number of hydrogen-bond acceptors (Lipinski definition) is 4. The number of carbonyl (C=O) groups is 3. The molecule has 22 heavy (non-hydrogen) atoms. The Hall–Kier alpha value is -1.45. The second-order valence-corrected chi connectivity index (χ2v) is 5.90. The lowest BCUT2D eigenvalue weighted by Gasteiger charge is -2.14. The highest BCUT2D eigenvalue weighted by Gasteiger charge is 2.33. The Morgan fingerprint density at radius 3 is 2.68 bits per heavy atom. The van der Waals surface area contributed by atoms with Crippen LogP contribution in [0.4, 0.5) is 0 Å². The lowest BCUT2D eigenvalue weighted by atomic mass is 9.90. The maximum absolute atomic E-state index is 11.9. The molecule has 0 bridgehead atoms. The molecule has 0 N–H and O–H groups in total. The van der Waals surface area contributed by atoms with Gasteiger partial charge in [-0.1, -0.05) is 25.8 Å². The van der Waals surface area contributed by atoms with Gasteiger partial charge in [-0.15, -0.1) is 0 Å².